The molecule has 90 valence electrons. The average Bonchev–Trinajstić information content (AvgIpc) is 2.30. The van der Waals surface area contributed by atoms with Gasteiger partial charge in [-0.3, -0.25) is 5.84 Å². The Kier molecular flexibility index (Phi) is 6.28. The van der Waals surface area contributed by atoms with Crippen molar-refractivity contribution in [2.75, 3.05) is 5.75 Å². The molecular weight excluding hydrogens is 236 g/mol. The van der Waals surface area contributed by atoms with E-state index in [1.807, 2.05) is 10.8 Å². The van der Waals surface area contributed by atoms with Crippen molar-refractivity contribution in [3.05, 3.63) is 35.4 Å². The first kappa shape index (κ1) is 13.9. The Morgan fingerprint density at radius 3 is 2.19 bits per heavy atom. The largest absolute Gasteiger partial charge is 0.270 e. The van der Waals surface area contributed by atoms with Crippen LogP contribution in [0.4, 0.5) is 0 Å². The van der Waals surface area contributed by atoms with Crippen LogP contribution < -0.4 is 11.3 Å². The van der Waals surface area contributed by atoms with E-state index < -0.39 is 0 Å². The van der Waals surface area contributed by atoms with Crippen molar-refractivity contribution in [2.24, 2.45) is 5.84 Å². The molecule has 0 amide bonds. The summed E-state index contributed by atoms with van der Waals surface area (Å²) in [7, 11) is 3.59. The lowest BCUT2D eigenvalue weighted by atomic mass is 10.0. The number of nitrogens with two attached hydrogens (primary N) is 1. The predicted octanol–water partition coefficient (Wildman–Crippen LogP) is 3.67. The Labute approximate surface area is 106 Å². The van der Waals surface area contributed by atoms with Crippen LogP contribution in [0.3, 0.4) is 0 Å². The van der Waals surface area contributed by atoms with Gasteiger partial charge in [-0.2, -0.15) is 0 Å². The standard InChI is InChI=1S/C12H20N2S2/c1-4-15-16-12(14-13)11-7-5-10(6-8-11)9(2)3/h5-9,12,14H,4,13H2,1-3H3. The molecule has 1 unspecified atom stereocenters. The van der Waals surface area contributed by atoms with Gasteiger partial charge in [-0.25, -0.2) is 5.43 Å². The van der Waals surface area contributed by atoms with E-state index in [1.54, 1.807) is 10.8 Å². The van der Waals surface area contributed by atoms with Gasteiger partial charge in [0, 0.05) is 5.75 Å². The minimum absolute atomic E-state index is 0.172. The number of benzene rings is 1. The summed E-state index contributed by atoms with van der Waals surface area (Å²) in [5, 5.41) is 0.172. The van der Waals surface area contributed by atoms with Crippen molar-refractivity contribution in [3.63, 3.8) is 0 Å². The van der Waals surface area contributed by atoms with Crippen LogP contribution in [0.1, 0.15) is 43.2 Å². The minimum atomic E-state index is 0.172. The van der Waals surface area contributed by atoms with Gasteiger partial charge in [-0.05, 0) is 17.0 Å². The molecule has 0 aliphatic rings. The molecule has 0 saturated heterocycles. The van der Waals surface area contributed by atoms with Gasteiger partial charge in [-0.15, -0.1) is 0 Å². The second-order valence-electron chi connectivity index (χ2n) is 3.87. The Bertz CT molecular complexity index is 298. The normalized spacial score (nSPS) is 13.1. The molecule has 1 atom stereocenters. The van der Waals surface area contributed by atoms with E-state index in [2.05, 4.69) is 50.5 Å². The summed E-state index contributed by atoms with van der Waals surface area (Å²) in [5.74, 6) is 7.23. The van der Waals surface area contributed by atoms with E-state index in [-0.39, 0.29) is 5.37 Å². The van der Waals surface area contributed by atoms with Crippen molar-refractivity contribution in [1.29, 1.82) is 0 Å². The molecule has 3 N–H and O–H groups in total. The lowest BCUT2D eigenvalue weighted by molar-refractivity contribution is 0.725. The second kappa shape index (κ2) is 7.22. The average molecular weight is 256 g/mol. The number of hydrogen-bond acceptors (Lipinski definition) is 4. The zero-order chi connectivity index (χ0) is 12.0. The smallest absolute Gasteiger partial charge is 0.102 e. The highest BCUT2D eigenvalue weighted by Gasteiger charge is 2.10. The van der Waals surface area contributed by atoms with Gasteiger partial charge in [0.25, 0.3) is 0 Å². The molecule has 4 heteroatoms. The molecule has 0 aromatic heterocycles. The fourth-order valence-corrected chi connectivity index (χ4v) is 3.28. The topological polar surface area (TPSA) is 38.0 Å². The molecule has 0 aliphatic heterocycles. The van der Waals surface area contributed by atoms with Crippen molar-refractivity contribution in [2.45, 2.75) is 32.1 Å². The highest BCUT2D eigenvalue weighted by molar-refractivity contribution is 8.76. The molecule has 1 aromatic carbocycles. The van der Waals surface area contributed by atoms with Gasteiger partial charge in [0.1, 0.15) is 5.37 Å². The molecular formula is C12H20N2S2. The molecule has 0 bridgehead atoms. The Hall–Kier alpha value is -0.160. The van der Waals surface area contributed by atoms with Crippen molar-refractivity contribution < 1.29 is 0 Å². The fraction of sp³-hybridized carbons (Fsp3) is 0.500. The maximum absolute atomic E-state index is 5.56. The molecule has 16 heavy (non-hydrogen) atoms. The summed E-state index contributed by atoms with van der Waals surface area (Å²) in [6, 6.07) is 8.68. The molecule has 2 nitrogen and oxygen atoms in total. The summed E-state index contributed by atoms with van der Waals surface area (Å²) in [6.07, 6.45) is 0. The fourth-order valence-electron chi connectivity index (χ4n) is 1.37. The third kappa shape index (κ3) is 4.01. The van der Waals surface area contributed by atoms with Crippen LogP contribution in [0.2, 0.25) is 0 Å². The Morgan fingerprint density at radius 1 is 1.19 bits per heavy atom. The van der Waals surface area contributed by atoms with Crippen LogP contribution in [0.25, 0.3) is 0 Å². The second-order valence-corrected chi connectivity index (χ2v) is 6.63. The van der Waals surface area contributed by atoms with E-state index in [4.69, 9.17) is 5.84 Å². The molecule has 0 heterocycles. The molecule has 0 aliphatic carbocycles. The number of hydrazine groups is 1. The lowest BCUT2D eigenvalue weighted by Gasteiger charge is -2.15. The maximum Gasteiger partial charge on any atom is 0.102 e. The molecule has 0 spiro atoms. The molecule has 1 rings (SSSR count). The number of hydrogen-bond donors (Lipinski definition) is 2. The first-order valence-corrected chi connectivity index (χ1v) is 7.91. The van der Waals surface area contributed by atoms with E-state index in [9.17, 15) is 0 Å². The summed E-state index contributed by atoms with van der Waals surface area (Å²) >= 11 is 0. The SMILES string of the molecule is CCSSC(NN)c1ccc(C(C)C)cc1. The van der Waals surface area contributed by atoms with Gasteiger partial charge < -0.3 is 0 Å². The van der Waals surface area contributed by atoms with E-state index in [0.29, 0.717) is 5.92 Å². The Morgan fingerprint density at radius 2 is 1.75 bits per heavy atom. The highest BCUT2D eigenvalue weighted by Crippen LogP contribution is 2.35. The molecule has 0 fully saturated rings. The monoisotopic (exact) mass is 256 g/mol. The van der Waals surface area contributed by atoms with Crippen molar-refractivity contribution >= 4 is 21.6 Å². The first-order chi connectivity index (χ1) is 7.69. The van der Waals surface area contributed by atoms with Crippen LogP contribution in [0.15, 0.2) is 24.3 Å². The van der Waals surface area contributed by atoms with Crippen LogP contribution in [0, 0.1) is 0 Å². The molecule has 0 radical (unpaired) electrons. The first-order valence-electron chi connectivity index (χ1n) is 5.53. The van der Waals surface area contributed by atoms with E-state index in [1.165, 1.54) is 11.1 Å². The maximum atomic E-state index is 5.56. The van der Waals surface area contributed by atoms with Gasteiger partial charge in [0.05, 0.1) is 0 Å². The number of rotatable bonds is 6. The zero-order valence-electron chi connectivity index (χ0n) is 10.1. The lowest BCUT2D eigenvalue weighted by Crippen LogP contribution is -2.25. The molecule has 0 saturated carbocycles. The van der Waals surface area contributed by atoms with E-state index in [0.717, 1.165) is 5.75 Å². The highest BCUT2D eigenvalue weighted by atomic mass is 33.1. The van der Waals surface area contributed by atoms with Gasteiger partial charge in [0.15, 0.2) is 0 Å². The predicted molar refractivity (Wildman–Crippen MR) is 76.3 cm³/mol. The third-order valence-corrected chi connectivity index (χ3v) is 5.00. The van der Waals surface area contributed by atoms with Gasteiger partial charge in [0.2, 0.25) is 0 Å². The van der Waals surface area contributed by atoms with E-state index >= 15 is 0 Å². The summed E-state index contributed by atoms with van der Waals surface area (Å²) in [5.41, 5.74) is 5.45. The van der Waals surface area contributed by atoms with Gasteiger partial charge in [-0.1, -0.05) is 66.6 Å². The van der Waals surface area contributed by atoms with Crippen LogP contribution >= 0.6 is 21.6 Å². The van der Waals surface area contributed by atoms with Crippen molar-refractivity contribution in [1.82, 2.24) is 5.43 Å². The van der Waals surface area contributed by atoms with Crippen molar-refractivity contribution in [3.8, 4) is 0 Å². The third-order valence-electron chi connectivity index (χ3n) is 2.34. The van der Waals surface area contributed by atoms with Crippen LogP contribution in [-0.4, -0.2) is 5.75 Å². The Balaban J connectivity index is 2.70. The summed E-state index contributed by atoms with van der Waals surface area (Å²) < 4.78 is 0. The van der Waals surface area contributed by atoms with Gasteiger partial charge >= 0.3 is 0 Å². The number of nitrogens with one attached hydrogen (secondary N) is 1. The van der Waals surface area contributed by atoms with Crippen LogP contribution in [-0.2, 0) is 0 Å². The summed E-state index contributed by atoms with van der Waals surface area (Å²) in [4.78, 5) is 0. The summed E-state index contributed by atoms with van der Waals surface area (Å²) in [6.45, 7) is 6.55. The zero-order valence-corrected chi connectivity index (χ0v) is 11.7. The molecule has 1 aromatic rings. The minimum Gasteiger partial charge on any atom is -0.270 e. The quantitative estimate of drug-likeness (QED) is 0.352. The van der Waals surface area contributed by atoms with Crippen LogP contribution in [0.5, 0.6) is 0 Å².